The van der Waals surface area contributed by atoms with Gasteiger partial charge in [0.25, 0.3) is 0 Å². The predicted octanol–water partition coefficient (Wildman–Crippen LogP) is 1.49. The standard InChI is InChI=1S/C24H35N5O2/c1-27-13-15-29(16-14-27)21-7-9-24(10-8-22(21)30,20-5-3-2-4-6-20)18-26-23(31)17-28-12-11-25-19-28/h2-6,11-12,19,21-22,30H,7-10,13-18H2,1H3,(H,26,31)/t21-,22-,24-/m0/s1. The summed E-state index contributed by atoms with van der Waals surface area (Å²) in [6, 6.07) is 10.7. The number of hydrogen-bond acceptors (Lipinski definition) is 5. The molecule has 2 aliphatic rings. The summed E-state index contributed by atoms with van der Waals surface area (Å²) < 4.78 is 1.78. The summed E-state index contributed by atoms with van der Waals surface area (Å²) in [5.41, 5.74) is 1.10. The summed E-state index contributed by atoms with van der Waals surface area (Å²) in [6.45, 7) is 5.00. The largest absolute Gasteiger partial charge is 0.391 e. The van der Waals surface area contributed by atoms with Gasteiger partial charge in [0.05, 0.1) is 12.4 Å². The van der Waals surface area contributed by atoms with Gasteiger partial charge in [0.1, 0.15) is 6.54 Å². The first-order valence-electron chi connectivity index (χ1n) is 11.4. The second kappa shape index (κ2) is 9.94. The highest BCUT2D eigenvalue weighted by Gasteiger charge is 2.40. The lowest BCUT2D eigenvalue weighted by atomic mass is 9.74. The van der Waals surface area contributed by atoms with Crippen molar-refractivity contribution in [3.8, 4) is 0 Å². The number of aliphatic hydroxyl groups excluding tert-OH is 1. The van der Waals surface area contributed by atoms with Crippen LogP contribution in [0.4, 0.5) is 0 Å². The van der Waals surface area contributed by atoms with Gasteiger partial charge in [-0.1, -0.05) is 30.3 Å². The van der Waals surface area contributed by atoms with Crippen molar-refractivity contribution in [2.24, 2.45) is 0 Å². The second-order valence-electron chi connectivity index (χ2n) is 9.21. The fourth-order valence-electron chi connectivity index (χ4n) is 5.17. The highest BCUT2D eigenvalue weighted by Crippen LogP contribution is 2.39. The van der Waals surface area contributed by atoms with Crippen molar-refractivity contribution < 1.29 is 9.90 Å². The third kappa shape index (κ3) is 5.34. The molecule has 3 atom stereocenters. The van der Waals surface area contributed by atoms with Crippen LogP contribution in [0.2, 0.25) is 0 Å². The minimum atomic E-state index is -0.323. The van der Waals surface area contributed by atoms with Gasteiger partial charge in [0, 0.05) is 56.6 Å². The Bertz CT molecular complexity index is 820. The molecule has 1 saturated carbocycles. The summed E-state index contributed by atoms with van der Waals surface area (Å²) in [6.07, 6.45) is 8.34. The van der Waals surface area contributed by atoms with E-state index in [9.17, 15) is 9.90 Å². The molecule has 2 N–H and O–H groups in total. The first-order chi connectivity index (χ1) is 15.1. The lowest BCUT2D eigenvalue weighted by molar-refractivity contribution is -0.122. The molecule has 2 heterocycles. The molecule has 0 radical (unpaired) electrons. The molecule has 0 unspecified atom stereocenters. The smallest absolute Gasteiger partial charge is 0.240 e. The Morgan fingerprint density at radius 3 is 2.61 bits per heavy atom. The number of nitrogens with one attached hydrogen (secondary N) is 1. The van der Waals surface area contributed by atoms with Crippen LogP contribution < -0.4 is 5.32 Å². The van der Waals surface area contributed by atoms with Crippen LogP contribution >= 0.6 is 0 Å². The van der Waals surface area contributed by atoms with Crippen molar-refractivity contribution in [3.05, 3.63) is 54.6 Å². The number of carbonyl (C=O) groups excluding carboxylic acids is 1. The van der Waals surface area contributed by atoms with Crippen molar-refractivity contribution >= 4 is 5.91 Å². The van der Waals surface area contributed by atoms with Gasteiger partial charge in [0.15, 0.2) is 0 Å². The molecule has 1 aliphatic carbocycles. The number of aliphatic hydroxyl groups is 1. The lowest BCUT2D eigenvalue weighted by Gasteiger charge is -2.39. The van der Waals surface area contributed by atoms with Crippen LogP contribution in [0.15, 0.2) is 49.1 Å². The van der Waals surface area contributed by atoms with Crippen LogP contribution in [-0.2, 0) is 16.8 Å². The lowest BCUT2D eigenvalue weighted by Crippen LogP contribution is -2.52. The van der Waals surface area contributed by atoms with E-state index in [4.69, 9.17) is 0 Å². The Balaban J connectivity index is 1.48. The van der Waals surface area contributed by atoms with E-state index in [1.54, 1.807) is 23.3 Å². The number of benzene rings is 1. The fourth-order valence-corrected chi connectivity index (χ4v) is 5.17. The number of hydrogen-bond donors (Lipinski definition) is 2. The molecule has 1 aromatic heterocycles. The number of piperazine rings is 1. The van der Waals surface area contributed by atoms with E-state index in [1.807, 2.05) is 6.07 Å². The van der Waals surface area contributed by atoms with Gasteiger partial charge < -0.3 is 19.9 Å². The highest BCUT2D eigenvalue weighted by atomic mass is 16.3. The SMILES string of the molecule is CN1CCN([C@H]2CC[C@](CNC(=O)Cn3ccnc3)(c3ccccc3)CC[C@@H]2O)CC1. The maximum Gasteiger partial charge on any atom is 0.240 e. The number of amides is 1. The number of aromatic nitrogens is 2. The molecule has 4 rings (SSSR count). The van der Waals surface area contributed by atoms with E-state index in [-0.39, 0.29) is 30.0 Å². The molecule has 1 aliphatic heterocycles. The molecule has 1 saturated heterocycles. The third-order valence-electron chi connectivity index (χ3n) is 7.18. The number of likely N-dealkylation sites (N-methyl/N-ethyl adjacent to an activating group) is 1. The highest BCUT2D eigenvalue weighted by molar-refractivity contribution is 5.75. The third-order valence-corrected chi connectivity index (χ3v) is 7.18. The molecule has 7 nitrogen and oxygen atoms in total. The molecule has 0 spiro atoms. The first-order valence-corrected chi connectivity index (χ1v) is 11.4. The van der Waals surface area contributed by atoms with Gasteiger partial charge in [-0.3, -0.25) is 9.69 Å². The maximum atomic E-state index is 12.6. The second-order valence-corrected chi connectivity index (χ2v) is 9.21. The number of imidazole rings is 1. The Labute approximate surface area is 185 Å². The Morgan fingerprint density at radius 1 is 1.16 bits per heavy atom. The van der Waals surface area contributed by atoms with Crippen LogP contribution in [0, 0.1) is 0 Å². The average Bonchev–Trinajstić information content (AvgIpc) is 3.23. The Morgan fingerprint density at radius 2 is 1.90 bits per heavy atom. The van der Waals surface area contributed by atoms with E-state index in [1.165, 1.54) is 5.56 Å². The summed E-state index contributed by atoms with van der Waals surface area (Å²) in [5.74, 6) is -0.00582. The van der Waals surface area contributed by atoms with Gasteiger partial charge in [-0.15, -0.1) is 0 Å². The number of nitrogens with zero attached hydrogens (tertiary/aromatic N) is 4. The van der Waals surface area contributed by atoms with Crippen molar-refractivity contribution in [2.45, 2.75) is 49.8 Å². The van der Waals surface area contributed by atoms with Gasteiger partial charge >= 0.3 is 0 Å². The summed E-state index contributed by atoms with van der Waals surface area (Å²) in [4.78, 5) is 21.4. The van der Waals surface area contributed by atoms with E-state index >= 15 is 0 Å². The molecule has 168 valence electrons. The minimum Gasteiger partial charge on any atom is -0.391 e. The Kier molecular flexibility index (Phi) is 7.05. The predicted molar refractivity (Wildman–Crippen MR) is 121 cm³/mol. The van der Waals surface area contributed by atoms with E-state index < -0.39 is 0 Å². The van der Waals surface area contributed by atoms with E-state index in [0.29, 0.717) is 6.54 Å². The number of rotatable bonds is 6. The minimum absolute atomic E-state index is 0.00582. The van der Waals surface area contributed by atoms with E-state index in [0.717, 1.165) is 51.9 Å². The molecular weight excluding hydrogens is 390 g/mol. The van der Waals surface area contributed by atoms with Crippen LogP contribution in [0.1, 0.15) is 31.2 Å². The zero-order chi connectivity index (χ0) is 21.7. The summed E-state index contributed by atoms with van der Waals surface area (Å²) >= 11 is 0. The maximum absolute atomic E-state index is 12.6. The molecule has 31 heavy (non-hydrogen) atoms. The fraction of sp³-hybridized carbons (Fsp3) is 0.583. The normalized spacial score (nSPS) is 28.2. The molecule has 1 amide bonds. The first kappa shape index (κ1) is 22.0. The van der Waals surface area contributed by atoms with Crippen molar-refractivity contribution in [2.75, 3.05) is 39.8 Å². The average molecular weight is 426 g/mol. The molecule has 1 aromatic carbocycles. The van der Waals surface area contributed by atoms with Gasteiger partial charge in [-0.25, -0.2) is 4.98 Å². The van der Waals surface area contributed by atoms with Crippen LogP contribution in [-0.4, -0.2) is 82.3 Å². The molecule has 2 fully saturated rings. The molecule has 0 bridgehead atoms. The van der Waals surface area contributed by atoms with Gasteiger partial charge in [-0.05, 0) is 38.3 Å². The quantitative estimate of drug-likeness (QED) is 0.686. The zero-order valence-electron chi connectivity index (χ0n) is 18.5. The van der Waals surface area contributed by atoms with Crippen molar-refractivity contribution in [3.63, 3.8) is 0 Å². The summed E-state index contributed by atoms with van der Waals surface area (Å²) in [7, 11) is 2.16. The zero-order valence-corrected chi connectivity index (χ0v) is 18.5. The molecule has 2 aromatic rings. The summed E-state index contributed by atoms with van der Waals surface area (Å²) in [5, 5.41) is 14.2. The van der Waals surface area contributed by atoms with Crippen LogP contribution in [0.3, 0.4) is 0 Å². The van der Waals surface area contributed by atoms with Gasteiger partial charge in [0.2, 0.25) is 5.91 Å². The van der Waals surface area contributed by atoms with Crippen molar-refractivity contribution in [1.29, 1.82) is 0 Å². The Hall–Kier alpha value is -2.22. The molecular formula is C24H35N5O2. The van der Waals surface area contributed by atoms with Crippen molar-refractivity contribution in [1.82, 2.24) is 24.7 Å². The monoisotopic (exact) mass is 425 g/mol. The van der Waals surface area contributed by atoms with Gasteiger partial charge in [-0.2, -0.15) is 0 Å². The number of carbonyl (C=O) groups is 1. The molecule has 7 heteroatoms. The van der Waals surface area contributed by atoms with Crippen LogP contribution in [0.25, 0.3) is 0 Å². The van der Waals surface area contributed by atoms with Crippen LogP contribution in [0.5, 0.6) is 0 Å². The van der Waals surface area contributed by atoms with E-state index in [2.05, 4.69) is 51.4 Å². The topological polar surface area (TPSA) is 73.6 Å².